The van der Waals surface area contributed by atoms with E-state index in [4.69, 9.17) is 0 Å². The van der Waals surface area contributed by atoms with Crippen LogP contribution in [0.25, 0.3) is 0 Å². The summed E-state index contributed by atoms with van der Waals surface area (Å²) in [5.41, 5.74) is 0. The smallest absolute Gasteiger partial charge is 0.229 e. The summed E-state index contributed by atoms with van der Waals surface area (Å²) >= 11 is 0. The van der Waals surface area contributed by atoms with Gasteiger partial charge in [-0.2, -0.15) is 0 Å². The summed E-state index contributed by atoms with van der Waals surface area (Å²) in [5, 5.41) is 0. The van der Waals surface area contributed by atoms with Crippen LogP contribution in [0.4, 0.5) is 0 Å². The Bertz CT molecular complexity index is 166. The minimum atomic E-state index is -0.154. The standard InChI is InChI=1S/C9H17NO2/c1-4-6-7-9(12)10(5-2)8(3)11/h4-7H2,1-3H3. The molecule has 0 aromatic carbocycles. The maximum absolute atomic E-state index is 11.3. The minimum Gasteiger partial charge on any atom is -0.283 e. The van der Waals surface area contributed by atoms with E-state index in [1.165, 1.54) is 11.8 Å². The predicted octanol–water partition coefficient (Wildman–Crippen LogP) is 1.57. The number of carbonyl (C=O) groups excluding carboxylic acids is 2. The fourth-order valence-corrected chi connectivity index (χ4v) is 1.04. The molecule has 0 unspecified atom stereocenters. The Balaban J connectivity index is 3.95. The highest BCUT2D eigenvalue weighted by Crippen LogP contribution is 2.00. The molecule has 3 nitrogen and oxygen atoms in total. The van der Waals surface area contributed by atoms with E-state index in [2.05, 4.69) is 0 Å². The fourth-order valence-electron chi connectivity index (χ4n) is 1.04. The van der Waals surface area contributed by atoms with E-state index in [0.29, 0.717) is 13.0 Å². The number of hydrogen-bond donors (Lipinski definition) is 0. The molecule has 0 fully saturated rings. The summed E-state index contributed by atoms with van der Waals surface area (Å²) in [6, 6.07) is 0. The summed E-state index contributed by atoms with van der Waals surface area (Å²) in [5.74, 6) is -0.203. The van der Waals surface area contributed by atoms with Gasteiger partial charge in [0.15, 0.2) is 0 Å². The molecular weight excluding hydrogens is 154 g/mol. The molecule has 3 heteroatoms. The minimum absolute atomic E-state index is 0.0492. The van der Waals surface area contributed by atoms with Crippen LogP contribution in [0.15, 0.2) is 0 Å². The second kappa shape index (κ2) is 5.75. The van der Waals surface area contributed by atoms with Gasteiger partial charge in [-0.25, -0.2) is 0 Å². The van der Waals surface area contributed by atoms with E-state index in [1.54, 1.807) is 0 Å². The topological polar surface area (TPSA) is 37.4 Å². The highest BCUT2D eigenvalue weighted by molar-refractivity contribution is 5.94. The summed E-state index contributed by atoms with van der Waals surface area (Å²) in [7, 11) is 0. The molecule has 0 spiro atoms. The van der Waals surface area contributed by atoms with Crippen molar-refractivity contribution in [2.45, 2.75) is 40.0 Å². The maximum Gasteiger partial charge on any atom is 0.229 e. The van der Waals surface area contributed by atoms with E-state index in [9.17, 15) is 9.59 Å². The van der Waals surface area contributed by atoms with Crippen molar-refractivity contribution in [2.24, 2.45) is 0 Å². The summed E-state index contributed by atoms with van der Waals surface area (Å²) in [6.45, 7) is 5.74. The molecule has 0 aliphatic carbocycles. The molecule has 2 amide bonds. The fraction of sp³-hybridized carbons (Fsp3) is 0.778. The van der Waals surface area contributed by atoms with Crippen molar-refractivity contribution in [3.8, 4) is 0 Å². The summed E-state index contributed by atoms with van der Waals surface area (Å²) < 4.78 is 0. The maximum atomic E-state index is 11.3. The van der Waals surface area contributed by atoms with Gasteiger partial charge >= 0.3 is 0 Å². The normalized spacial score (nSPS) is 9.58. The largest absolute Gasteiger partial charge is 0.283 e. The van der Waals surface area contributed by atoms with Crippen LogP contribution in [0.3, 0.4) is 0 Å². The van der Waals surface area contributed by atoms with Gasteiger partial charge in [0.05, 0.1) is 0 Å². The van der Waals surface area contributed by atoms with Crippen molar-refractivity contribution in [3.05, 3.63) is 0 Å². The molecule has 0 N–H and O–H groups in total. The lowest BCUT2D eigenvalue weighted by Gasteiger charge is -2.16. The third-order valence-corrected chi connectivity index (χ3v) is 1.74. The van der Waals surface area contributed by atoms with Crippen LogP contribution in [0.5, 0.6) is 0 Å². The van der Waals surface area contributed by atoms with E-state index in [1.807, 2.05) is 13.8 Å². The van der Waals surface area contributed by atoms with Gasteiger partial charge in [0.2, 0.25) is 11.8 Å². The first-order valence-electron chi connectivity index (χ1n) is 4.44. The number of nitrogens with zero attached hydrogens (tertiary/aromatic N) is 1. The second-order valence-corrected chi connectivity index (χ2v) is 2.76. The Morgan fingerprint density at radius 3 is 2.17 bits per heavy atom. The van der Waals surface area contributed by atoms with Gasteiger partial charge in [0.1, 0.15) is 0 Å². The monoisotopic (exact) mass is 171 g/mol. The average molecular weight is 171 g/mol. The molecule has 0 aliphatic rings. The molecule has 70 valence electrons. The van der Waals surface area contributed by atoms with Gasteiger partial charge in [0, 0.05) is 19.9 Å². The Labute approximate surface area is 73.7 Å². The molecule has 0 aliphatic heterocycles. The van der Waals surface area contributed by atoms with Crippen molar-refractivity contribution in [2.75, 3.05) is 6.54 Å². The Hall–Kier alpha value is -0.860. The average Bonchev–Trinajstić information content (AvgIpc) is 2.01. The van der Waals surface area contributed by atoms with Crippen molar-refractivity contribution in [3.63, 3.8) is 0 Å². The number of rotatable bonds is 4. The number of hydrogen-bond acceptors (Lipinski definition) is 2. The van der Waals surface area contributed by atoms with Crippen LogP contribution in [0.1, 0.15) is 40.0 Å². The first-order valence-corrected chi connectivity index (χ1v) is 4.44. The molecule has 0 heterocycles. The number of carbonyl (C=O) groups is 2. The lowest BCUT2D eigenvalue weighted by molar-refractivity contribution is -0.143. The van der Waals surface area contributed by atoms with Crippen molar-refractivity contribution >= 4 is 11.8 Å². The third kappa shape index (κ3) is 3.51. The van der Waals surface area contributed by atoms with E-state index in [0.717, 1.165) is 12.8 Å². The molecule has 0 saturated heterocycles. The molecular formula is C9H17NO2. The highest BCUT2D eigenvalue weighted by atomic mass is 16.2. The Kier molecular flexibility index (Phi) is 5.34. The zero-order valence-corrected chi connectivity index (χ0v) is 8.09. The molecule has 12 heavy (non-hydrogen) atoms. The van der Waals surface area contributed by atoms with Crippen LogP contribution in [0, 0.1) is 0 Å². The zero-order chi connectivity index (χ0) is 9.56. The quantitative estimate of drug-likeness (QED) is 0.644. The van der Waals surface area contributed by atoms with Crippen molar-refractivity contribution < 1.29 is 9.59 Å². The van der Waals surface area contributed by atoms with Crippen LogP contribution >= 0.6 is 0 Å². The molecule has 0 aromatic rings. The number of unbranched alkanes of at least 4 members (excludes halogenated alkanes) is 1. The Morgan fingerprint density at radius 2 is 1.83 bits per heavy atom. The van der Waals surface area contributed by atoms with Crippen LogP contribution in [-0.4, -0.2) is 23.3 Å². The first-order chi connectivity index (χ1) is 5.63. The summed E-state index contributed by atoms with van der Waals surface area (Å²) in [4.78, 5) is 23.5. The molecule has 0 bridgehead atoms. The van der Waals surface area contributed by atoms with Gasteiger partial charge in [-0.1, -0.05) is 13.3 Å². The third-order valence-electron chi connectivity index (χ3n) is 1.74. The van der Waals surface area contributed by atoms with Gasteiger partial charge in [-0.15, -0.1) is 0 Å². The van der Waals surface area contributed by atoms with Gasteiger partial charge in [0.25, 0.3) is 0 Å². The molecule has 0 atom stereocenters. The van der Waals surface area contributed by atoms with Gasteiger partial charge < -0.3 is 0 Å². The van der Waals surface area contributed by atoms with Crippen molar-refractivity contribution in [1.29, 1.82) is 0 Å². The second-order valence-electron chi connectivity index (χ2n) is 2.76. The summed E-state index contributed by atoms with van der Waals surface area (Å²) in [6.07, 6.45) is 2.34. The van der Waals surface area contributed by atoms with Crippen LogP contribution < -0.4 is 0 Å². The SMILES string of the molecule is CCCCC(=O)N(CC)C(C)=O. The number of amides is 2. The van der Waals surface area contributed by atoms with Crippen LogP contribution in [0.2, 0.25) is 0 Å². The molecule has 0 aromatic heterocycles. The molecule has 0 rings (SSSR count). The van der Waals surface area contributed by atoms with Gasteiger partial charge in [-0.05, 0) is 13.3 Å². The first kappa shape index (κ1) is 11.1. The van der Waals surface area contributed by atoms with Crippen LogP contribution in [-0.2, 0) is 9.59 Å². The van der Waals surface area contributed by atoms with Crippen molar-refractivity contribution in [1.82, 2.24) is 4.90 Å². The van der Waals surface area contributed by atoms with E-state index in [-0.39, 0.29) is 11.8 Å². The number of imide groups is 1. The van der Waals surface area contributed by atoms with Gasteiger partial charge in [-0.3, -0.25) is 14.5 Å². The lowest BCUT2D eigenvalue weighted by Crippen LogP contribution is -2.34. The molecule has 0 radical (unpaired) electrons. The zero-order valence-electron chi connectivity index (χ0n) is 8.09. The van der Waals surface area contributed by atoms with E-state index >= 15 is 0 Å². The van der Waals surface area contributed by atoms with E-state index < -0.39 is 0 Å². The highest BCUT2D eigenvalue weighted by Gasteiger charge is 2.13. The molecule has 0 saturated carbocycles. The Morgan fingerprint density at radius 1 is 1.25 bits per heavy atom. The predicted molar refractivity (Wildman–Crippen MR) is 47.6 cm³/mol. The lowest BCUT2D eigenvalue weighted by atomic mass is 10.2.